The van der Waals surface area contributed by atoms with Crippen molar-refractivity contribution in [3.63, 3.8) is 0 Å². The van der Waals surface area contributed by atoms with Crippen molar-refractivity contribution < 1.29 is 4.79 Å². The van der Waals surface area contributed by atoms with Crippen LogP contribution < -0.4 is 5.32 Å². The highest BCUT2D eigenvalue weighted by molar-refractivity contribution is 5.79. The first-order chi connectivity index (χ1) is 6.38. The van der Waals surface area contributed by atoms with E-state index in [1.165, 1.54) is 38.5 Å². The van der Waals surface area contributed by atoms with Crippen molar-refractivity contribution >= 4 is 5.91 Å². The van der Waals surface area contributed by atoms with E-state index in [1.807, 2.05) is 0 Å². The summed E-state index contributed by atoms with van der Waals surface area (Å²) in [4.78, 5) is 11.6. The Hall–Kier alpha value is -0.530. The number of carbonyl (C=O) groups excluding carboxylic acids is 1. The van der Waals surface area contributed by atoms with Crippen molar-refractivity contribution in [2.45, 2.75) is 44.9 Å². The van der Waals surface area contributed by atoms with Crippen molar-refractivity contribution in [2.75, 3.05) is 6.54 Å². The molecule has 1 saturated heterocycles. The maximum absolute atomic E-state index is 11.6. The molecule has 1 saturated carbocycles. The fourth-order valence-electron chi connectivity index (χ4n) is 2.78. The highest BCUT2D eigenvalue weighted by Crippen LogP contribution is 2.33. The molecule has 2 heteroatoms. The maximum Gasteiger partial charge on any atom is 0.223 e. The molecule has 1 heterocycles. The number of piperidine rings is 1. The van der Waals surface area contributed by atoms with E-state index < -0.39 is 0 Å². The van der Waals surface area contributed by atoms with Crippen LogP contribution in [-0.4, -0.2) is 12.5 Å². The Labute approximate surface area is 80.1 Å². The number of carbonyl (C=O) groups is 1. The van der Waals surface area contributed by atoms with Crippen LogP contribution in [0.15, 0.2) is 0 Å². The molecule has 2 nitrogen and oxygen atoms in total. The second-order valence-electron chi connectivity index (χ2n) is 4.44. The van der Waals surface area contributed by atoms with Gasteiger partial charge in [0.15, 0.2) is 0 Å². The maximum atomic E-state index is 11.6. The lowest BCUT2D eigenvalue weighted by molar-refractivity contribution is -0.128. The summed E-state index contributed by atoms with van der Waals surface area (Å²) in [5.74, 6) is 1.39. The van der Waals surface area contributed by atoms with Crippen LogP contribution in [-0.2, 0) is 4.79 Å². The molecule has 74 valence electrons. The van der Waals surface area contributed by atoms with Gasteiger partial charge in [0.2, 0.25) is 5.91 Å². The molecule has 2 rings (SSSR count). The molecule has 2 aliphatic rings. The molecular weight excluding hydrogens is 162 g/mol. The van der Waals surface area contributed by atoms with Crippen molar-refractivity contribution in [2.24, 2.45) is 11.8 Å². The third-order valence-corrected chi connectivity index (χ3v) is 3.55. The molecule has 1 atom stereocenters. The number of rotatable bonds is 1. The summed E-state index contributed by atoms with van der Waals surface area (Å²) in [5, 5.41) is 2.99. The lowest BCUT2D eigenvalue weighted by atomic mass is 9.76. The van der Waals surface area contributed by atoms with Crippen LogP contribution in [0.4, 0.5) is 0 Å². The first-order valence-corrected chi connectivity index (χ1v) is 5.65. The Morgan fingerprint density at radius 2 is 1.77 bits per heavy atom. The Bertz CT molecular complexity index is 185. The molecule has 1 unspecified atom stereocenters. The Balaban J connectivity index is 1.92. The van der Waals surface area contributed by atoms with Gasteiger partial charge in [-0.1, -0.05) is 19.3 Å². The lowest BCUT2D eigenvalue weighted by Crippen LogP contribution is -2.40. The van der Waals surface area contributed by atoms with Crippen molar-refractivity contribution in [3.8, 4) is 0 Å². The molecule has 1 N–H and O–H groups in total. The number of nitrogens with one attached hydrogen (secondary N) is 1. The molecule has 0 aromatic rings. The molecule has 0 radical (unpaired) electrons. The van der Waals surface area contributed by atoms with Gasteiger partial charge in [-0.3, -0.25) is 4.79 Å². The first-order valence-electron chi connectivity index (χ1n) is 5.65. The summed E-state index contributed by atoms with van der Waals surface area (Å²) in [6.45, 7) is 0.905. The van der Waals surface area contributed by atoms with Crippen LogP contribution in [0.2, 0.25) is 0 Å². The summed E-state index contributed by atoms with van der Waals surface area (Å²) >= 11 is 0. The molecule has 1 amide bonds. The normalized spacial score (nSPS) is 31.4. The Morgan fingerprint density at radius 1 is 1.00 bits per heavy atom. The van der Waals surface area contributed by atoms with Gasteiger partial charge in [-0.15, -0.1) is 0 Å². The molecule has 0 bridgehead atoms. The van der Waals surface area contributed by atoms with Crippen LogP contribution in [0.25, 0.3) is 0 Å². The van der Waals surface area contributed by atoms with Crippen molar-refractivity contribution in [3.05, 3.63) is 0 Å². The number of hydrogen-bond donors (Lipinski definition) is 1. The van der Waals surface area contributed by atoms with Gasteiger partial charge >= 0.3 is 0 Å². The van der Waals surface area contributed by atoms with Crippen LogP contribution in [0.1, 0.15) is 44.9 Å². The summed E-state index contributed by atoms with van der Waals surface area (Å²) in [6.07, 6.45) is 8.97. The molecule has 0 aromatic carbocycles. The summed E-state index contributed by atoms with van der Waals surface area (Å²) in [6, 6.07) is 0. The van der Waals surface area contributed by atoms with Crippen molar-refractivity contribution in [1.82, 2.24) is 5.32 Å². The lowest BCUT2D eigenvalue weighted by Gasteiger charge is -2.32. The zero-order chi connectivity index (χ0) is 9.10. The van der Waals surface area contributed by atoms with Crippen LogP contribution in [0, 0.1) is 11.8 Å². The fraction of sp³-hybridized carbons (Fsp3) is 0.909. The van der Waals surface area contributed by atoms with E-state index in [2.05, 4.69) is 5.32 Å². The molecule has 2 fully saturated rings. The van der Waals surface area contributed by atoms with Crippen molar-refractivity contribution in [1.29, 1.82) is 0 Å². The minimum absolute atomic E-state index is 0.332. The molecule has 1 aliphatic heterocycles. The van der Waals surface area contributed by atoms with Gasteiger partial charge in [-0.25, -0.2) is 0 Å². The smallest absolute Gasteiger partial charge is 0.223 e. The van der Waals surface area contributed by atoms with E-state index in [0.717, 1.165) is 13.0 Å². The van der Waals surface area contributed by atoms with Gasteiger partial charge in [0.1, 0.15) is 0 Å². The van der Waals surface area contributed by atoms with Gasteiger partial charge in [-0.2, -0.15) is 0 Å². The predicted octanol–water partition coefficient (Wildman–Crippen LogP) is 2.09. The predicted molar refractivity (Wildman–Crippen MR) is 52.3 cm³/mol. The van der Waals surface area contributed by atoms with E-state index in [-0.39, 0.29) is 0 Å². The highest BCUT2D eigenvalue weighted by Gasteiger charge is 2.30. The van der Waals surface area contributed by atoms with Gasteiger partial charge < -0.3 is 5.32 Å². The first kappa shape index (κ1) is 9.04. The Morgan fingerprint density at radius 3 is 2.46 bits per heavy atom. The second-order valence-corrected chi connectivity index (χ2v) is 4.44. The van der Waals surface area contributed by atoms with Crippen LogP contribution in [0.3, 0.4) is 0 Å². The topological polar surface area (TPSA) is 29.1 Å². The SMILES string of the molecule is O=C1NCCCC1C1CCCCC1. The van der Waals surface area contributed by atoms with E-state index in [0.29, 0.717) is 17.7 Å². The molecule has 13 heavy (non-hydrogen) atoms. The molecule has 0 aromatic heterocycles. The summed E-state index contributed by atoms with van der Waals surface area (Å²) in [7, 11) is 0. The van der Waals surface area contributed by atoms with Gasteiger partial charge in [-0.05, 0) is 31.6 Å². The van der Waals surface area contributed by atoms with E-state index in [4.69, 9.17) is 0 Å². The minimum Gasteiger partial charge on any atom is -0.356 e. The van der Waals surface area contributed by atoms with Gasteiger partial charge in [0, 0.05) is 12.5 Å². The number of hydrogen-bond acceptors (Lipinski definition) is 1. The zero-order valence-electron chi connectivity index (χ0n) is 8.22. The van der Waals surface area contributed by atoms with Gasteiger partial charge in [0.25, 0.3) is 0 Å². The van der Waals surface area contributed by atoms with E-state index in [9.17, 15) is 4.79 Å². The average Bonchev–Trinajstić information content (AvgIpc) is 2.20. The third-order valence-electron chi connectivity index (χ3n) is 3.55. The fourth-order valence-corrected chi connectivity index (χ4v) is 2.78. The van der Waals surface area contributed by atoms with E-state index >= 15 is 0 Å². The monoisotopic (exact) mass is 181 g/mol. The average molecular weight is 181 g/mol. The number of amides is 1. The van der Waals surface area contributed by atoms with Gasteiger partial charge in [0.05, 0.1) is 0 Å². The zero-order valence-corrected chi connectivity index (χ0v) is 8.22. The highest BCUT2D eigenvalue weighted by atomic mass is 16.1. The second kappa shape index (κ2) is 4.12. The molecular formula is C11H19NO. The van der Waals surface area contributed by atoms with Crippen LogP contribution in [0.5, 0.6) is 0 Å². The standard InChI is InChI=1S/C11H19NO/c13-11-10(7-4-8-12-11)9-5-2-1-3-6-9/h9-10H,1-8H2,(H,12,13). The molecule has 0 spiro atoms. The quantitative estimate of drug-likeness (QED) is 0.659. The largest absolute Gasteiger partial charge is 0.356 e. The minimum atomic E-state index is 0.332. The molecule has 1 aliphatic carbocycles. The van der Waals surface area contributed by atoms with Crippen LogP contribution >= 0.6 is 0 Å². The Kier molecular flexibility index (Phi) is 2.87. The summed E-state index contributed by atoms with van der Waals surface area (Å²) in [5.41, 5.74) is 0. The van der Waals surface area contributed by atoms with E-state index in [1.54, 1.807) is 0 Å². The third kappa shape index (κ3) is 2.04. The summed E-state index contributed by atoms with van der Waals surface area (Å²) < 4.78 is 0.